The molecule has 0 bridgehead atoms. The third-order valence-corrected chi connectivity index (χ3v) is 3.66. The van der Waals surface area contributed by atoms with Crippen LogP contribution >= 0.6 is 0 Å². The largest absolute Gasteiger partial charge is 0.396 e. The summed E-state index contributed by atoms with van der Waals surface area (Å²) in [5.41, 5.74) is 0.560. The quantitative estimate of drug-likeness (QED) is 0.650. The molecule has 0 saturated carbocycles. The van der Waals surface area contributed by atoms with E-state index in [-0.39, 0.29) is 0 Å². The van der Waals surface area contributed by atoms with E-state index < -0.39 is 0 Å². The number of unbranched alkanes of at least 4 members (excludes halogenated alkanes) is 1. The standard InChI is InChI=1S/C11H24.C4H10O/c1-6-9-10(7-2)11(4,5)8-3;1-2-3-4-5/h10H,6-9H2,1-5H3;5H,2-4H2,1H3. The molecule has 1 atom stereocenters. The van der Waals surface area contributed by atoms with Crippen molar-refractivity contribution in [3.63, 3.8) is 0 Å². The zero-order valence-electron chi connectivity index (χ0n) is 12.5. The molecule has 1 heteroatoms. The first-order chi connectivity index (χ1) is 7.49. The fourth-order valence-electron chi connectivity index (χ4n) is 1.94. The van der Waals surface area contributed by atoms with Crippen LogP contribution in [-0.4, -0.2) is 11.7 Å². The molecular formula is C15H34O. The average Bonchev–Trinajstić information content (AvgIpc) is 2.27. The van der Waals surface area contributed by atoms with E-state index in [0.29, 0.717) is 12.0 Å². The lowest BCUT2D eigenvalue weighted by Crippen LogP contribution is -2.22. The molecule has 0 aromatic heterocycles. The van der Waals surface area contributed by atoms with Crippen molar-refractivity contribution in [1.29, 1.82) is 0 Å². The first-order valence-corrected chi connectivity index (χ1v) is 7.10. The molecule has 1 nitrogen and oxygen atoms in total. The summed E-state index contributed by atoms with van der Waals surface area (Å²) in [6.45, 7) is 14.1. The van der Waals surface area contributed by atoms with Crippen molar-refractivity contribution in [2.24, 2.45) is 11.3 Å². The van der Waals surface area contributed by atoms with Crippen LogP contribution in [0.3, 0.4) is 0 Å². The number of hydrogen-bond acceptors (Lipinski definition) is 1. The second-order valence-electron chi connectivity index (χ2n) is 5.31. The molecule has 0 aliphatic carbocycles. The van der Waals surface area contributed by atoms with Gasteiger partial charge in [0.1, 0.15) is 0 Å². The Balaban J connectivity index is 0. The van der Waals surface area contributed by atoms with Gasteiger partial charge in [0.15, 0.2) is 0 Å². The predicted octanol–water partition coefficient (Wildman–Crippen LogP) is 5.03. The lowest BCUT2D eigenvalue weighted by Gasteiger charge is -2.32. The van der Waals surface area contributed by atoms with Crippen LogP contribution in [0.2, 0.25) is 0 Å². The first-order valence-electron chi connectivity index (χ1n) is 7.10. The molecule has 16 heavy (non-hydrogen) atoms. The molecule has 1 unspecified atom stereocenters. The van der Waals surface area contributed by atoms with Gasteiger partial charge < -0.3 is 5.11 Å². The molecule has 0 rings (SSSR count). The van der Waals surface area contributed by atoms with Crippen LogP contribution in [0.15, 0.2) is 0 Å². The maximum Gasteiger partial charge on any atom is 0.0430 e. The predicted molar refractivity (Wildman–Crippen MR) is 74.8 cm³/mol. The molecule has 0 aromatic rings. The third kappa shape index (κ3) is 9.21. The van der Waals surface area contributed by atoms with Crippen molar-refractivity contribution >= 4 is 0 Å². The van der Waals surface area contributed by atoms with E-state index in [4.69, 9.17) is 5.11 Å². The van der Waals surface area contributed by atoms with Gasteiger partial charge in [-0.3, -0.25) is 0 Å². The van der Waals surface area contributed by atoms with Crippen LogP contribution in [0.25, 0.3) is 0 Å². The van der Waals surface area contributed by atoms with Crippen LogP contribution < -0.4 is 0 Å². The van der Waals surface area contributed by atoms with E-state index in [0.717, 1.165) is 18.8 Å². The second-order valence-corrected chi connectivity index (χ2v) is 5.31. The van der Waals surface area contributed by atoms with E-state index >= 15 is 0 Å². The van der Waals surface area contributed by atoms with Gasteiger partial charge in [0, 0.05) is 6.61 Å². The van der Waals surface area contributed by atoms with Gasteiger partial charge in [0.2, 0.25) is 0 Å². The van der Waals surface area contributed by atoms with Crippen molar-refractivity contribution in [2.75, 3.05) is 6.61 Å². The van der Waals surface area contributed by atoms with Crippen molar-refractivity contribution in [2.45, 2.75) is 80.1 Å². The Morgan fingerprint density at radius 2 is 1.56 bits per heavy atom. The van der Waals surface area contributed by atoms with Crippen LogP contribution in [0, 0.1) is 11.3 Å². The lowest BCUT2D eigenvalue weighted by atomic mass is 9.73. The highest BCUT2D eigenvalue weighted by Gasteiger charge is 2.24. The van der Waals surface area contributed by atoms with E-state index in [1.54, 1.807) is 0 Å². The smallest absolute Gasteiger partial charge is 0.0430 e. The molecule has 0 fully saturated rings. The summed E-state index contributed by atoms with van der Waals surface area (Å²) in [5.74, 6) is 0.928. The van der Waals surface area contributed by atoms with Gasteiger partial charge >= 0.3 is 0 Å². The summed E-state index contributed by atoms with van der Waals surface area (Å²) in [6, 6.07) is 0. The zero-order valence-corrected chi connectivity index (χ0v) is 12.5. The maximum atomic E-state index is 8.07. The summed E-state index contributed by atoms with van der Waals surface area (Å²) in [5, 5.41) is 8.07. The Hall–Kier alpha value is -0.0400. The van der Waals surface area contributed by atoms with Gasteiger partial charge in [-0.2, -0.15) is 0 Å². The summed E-state index contributed by atoms with van der Waals surface area (Å²) in [4.78, 5) is 0. The minimum atomic E-state index is 0.344. The molecule has 0 heterocycles. The number of rotatable bonds is 7. The van der Waals surface area contributed by atoms with Crippen LogP contribution in [0.4, 0.5) is 0 Å². The Kier molecular flexibility index (Phi) is 13.1. The van der Waals surface area contributed by atoms with Crippen molar-refractivity contribution in [1.82, 2.24) is 0 Å². The minimum Gasteiger partial charge on any atom is -0.396 e. The molecule has 0 spiro atoms. The number of aliphatic hydroxyl groups excluding tert-OH is 1. The van der Waals surface area contributed by atoms with Gasteiger partial charge in [-0.1, -0.05) is 73.6 Å². The van der Waals surface area contributed by atoms with E-state index in [1.807, 2.05) is 0 Å². The molecule has 0 radical (unpaired) electrons. The monoisotopic (exact) mass is 230 g/mol. The van der Waals surface area contributed by atoms with Gasteiger partial charge in [-0.05, 0) is 17.8 Å². The van der Waals surface area contributed by atoms with E-state index in [9.17, 15) is 0 Å². The van der Waals surface area contributed by atoms with Gasteiger partial charge in [-0.25, -0.2) is 0 Å². The second kappa shape index (κ2) is 11.4. The fourth-order valence-corrected chi connectivity index (χ4v) is 1.94. The molecule has 0 amide bonds. The van der Waals surface area contributed by atoms with Crippen molar-refractivity contribution < 1.29 is 5.11 Å². The number of hydrogen-bond donors (Lipinski definition) is 1. The molecule has 0 aromatic carbocycles. The molecule has 0 aliphatic heterocycles. The molecule has 0 saturated heterocycles. The fraction of sp³-hybridized carbons (Fsp3) is 1.00. The zero-order chi connectivity index (χ0) is 13.0. The van der Waals surface area contributed by atoms with E-state index in [1.165, 1.54) is 25.7 Å². The first kappa shape index (κ1) is 18.3. The molecule has 100 valence electrons. The Labute approximate surface area is 104 Å². The summed E-state index contributed by atoms with van der Waals surface area (Å²) in [6.07, 6.45) is 7.43. The molecular weight excluding hydrogens is 196 g/mol. The Morgan fingerprint density at radius 3 is 1.75 bits per heavy atom. The average molecular weight is 230 g/mol. The van der Waals surface area contributed by atoms with Crippen molar-refractivity contribution in [3.8, 4) is 0 Å². The maximum absolute atomic E-state index is 8.07. The minimum absolute atomic E-state index is 0.344. The van der Waals surface area contributed by atoms with Crippen LogP contribution in [0.5, 0.6) is 0 Å². The molecule has 0 aliphatic rings. The Bertz CT molecular complexity index is 127. The third-order valence-electron chi connectivity index (χ3n) is 3.66. The highest BCUT2D eigenvalue weighted by Crippen LogP contribution is 2.35. The summed E-state index contributed by atoms with van der Waals surface area (Å²) >= 11 is 0. The van der Waals surface area contributed by atoms with E-state index in [2.05, 4.69) is 41.5 Å². The lowest BCUT2D eigenvalue weighted by molar-refractivity contribution is 0.184. The summed E-state index contributed by atoms with van der Waals surface area (Å²) in [7, 11) is 0. The Morgan fingerprint density at radius 1 is 1.00 bits per heavy atom. The van der Waals surface area contributed by atoms with Crippen LogP contribution in [-0.2, 0) is 0 Å². The highest BCUT2D eigenvalue weighted by atomic mass is 16.2. The number of aliphatic hydroxyl groups is 1. The van der Waals surface area contributed by atoms with Crippen LogP contribution in [0.1, 0.15) is 80.1 Å². The van der Waals surface area contributed by atoms with Gasteiger partial charge in [0.25, 0.3) is 0 Å². The topological polar surface area (TPSA) is 20.2 Å². The summed E-state index contributed by atoms with van der Waals surface area (Å²) < 4.78 is 0. The SMILES string of the molecule is CCCC(CC)C(C)(C)CC.CCCCO. The van der Waals surface area contributed by atoms with Gasteiger partial charge in [0.05, 0.1) is 0 Å². The molecule has 1 N–H and O–H groups in total. The van der Waals surface area contributed by atoms with Gasteiger partial charge in [-0.15, -0.1) is 0 Å². The highest BCUT2D eigenvalue weighted by molar-refractivity contribution is 4.75. The normalized spacial score (nSPS) is 12.9. The van der Waals surface area contributed by atoms with Crippen molar-refractivity contribution in [3.05, 3.63) is 0 Å².